The average Bonchev–Trinajstić information content (AvgIpc) is 2.65. The van der Waals surface area contributed by atoms with Crippen LogP contribution in [0.5, 0.6) is 5.75 Å². The molecular weight excluding hydrogens is 376 g/mol. The number of carbonyl (C=O) groups is 1. The molecule has 1 atom stereocenters. The Hall–Kier alpha value is -3.22. The fraction of sp³-hybridized carbons (Fsp3) is 0.273. The lowest BCUT2D eigenvalue weighted by molar-refractivity contribution is -0.114. The Morgan fingerprint density at radius 2 is 1.72 bits per heavy atom. The van der Waals surface area contributed by atoms with Crippen LogP contribution in [0.25, 0.3) is 0 Å². The number of nitrogens with two attached hydrogens (primary N) is 2. The van der Waals surface area contributed by atoms with Crippen LogP contribution in [0.2, 0.25) is 0 Å². The Bertz CT molecular complexity index is 975. The summed E-state index contributed by atoms with van der Waals surface area (Å²) in [6.07, 6.45) is 0. The van der Waals surface area contributed by atoms with Crippen LogP contribution >= 0.6 is 0 Å². The smallest absolute Gasteiger partial charge is 0.270 e. The van der Waals surface area contributed by atoms with Crippen LogP contribution in [0.4, 0.5) is 8.78 Å². The van der Waals surface area contributed by atoms with Crippen molar-refractivity contribution in [3.8, 4) is 5.75 Å². The number of aromatic hydroxyl groups is 1. The summed E-state index contributed by atoms with van der Waals surface area (Å²) in [5.41, 5.74) is 14.2. The number of carbonyl (C=O) groups excluding carboxylic acids is 1. The second kappa shape index (κ2) is 8.43. The van der Waals surface area contributed by atoms with Crippen LogP contribution < -0.4 is 11.5 Å². The number of benzene rings is 2. The Balaban J connectivity index is 2.46. The molecule has 0 fully saturated rings. The van der Waals surface area contributed by atoms with Gasteiger partial charge in [-0.15, -0.1) is 0 Å². The molecule has 1 amide bonds. The topological polar surface area (TPSA) is 102 Å². The summed E-state index contributed by atoms with van der Waals surface area (Å²) < 4.78 is 26.8. The number of alkyl halides is 2. The molecule has 2 aromatic carbocycles. The number of aliphatic imine (C=N–C) groups is 1. The summed E-state index contributed by atoms with van der Waals surface area (Å²) in [6, 6.07) is 10.5. The first kappa shape index (κ1) is 22.1. The van der Waals surface area contributed by atoms with Gasteiger partial charge in [0.25, 0.3) is 11.8 Å². The Morgan fingerprint density at radius 1 is 1.14 bits per heavy atom. The molecule has 7 heteroatoms. The largest absolute Gasteiger partial charge is 0.508 e. The maximum absolute atomic E-state index is 13.4. The molecule has 0 radical (unpaired) electrons. The summed E-state index contributed by atoms with van der Waals surface area (Å²) in [6.45, 7) is 6.10. The zero-order valence-electron chi connectivity index (χ0n) is 16.8. The Labute approximate surface area is 168 Å². The highest BCUT2D eigenvalue weighted by molar-refractivity contribution is 6.03. The van der Waals surface area contributed by atoms with Crippen LogP contribution in [0.3, 0.4) is 0 Å². The van der Waals surface area contributed by atoms with E-state index in [0.717, 1.165) is 18.1 Å². The van der Waals surface area contributed by atoms with Crippen molar-refractivity contribution in [2.75, 3.05) is 0 Å². The second-order valence-electron chi connectivity index (χ2n) is 7.09. The molecule has 5 N–H and O–H groups in total. The van der Waals surface area contributed by atoms with E-state index >= 15 is 0 Å². The molecule has 2 rings (SSSR count). The van der Waals surface area contributed by atoms with Gasteiger partial charge < -0.3 is 16.6 Å². The number of hydrogen-bond donors (Lipinski definition) is 3. The lowest BCUT2D eigenvalue weighted by Crippen LogP contribution is -2.21. The van der Waals surface area contributed by atoms with Gasteiger partial charge in [-0.3, -0.25) is 4.79 Å². The van der Waals surface area contributed by atoms with Crippen molar-refractivity contribution in [2.45, 2.75) is 39.5 Å². The van der Waals surface area contributed by atoms with Crippen LogP contribution in [0.1, 0.15) is 48.9 Å². The number of allylic oxidation sites excluding steroid dienone is 1. The van der Waals surface area contributed by atoms with Gasteiger partial charge in [0.1, 0.15) is 11.4 Å². The number of phenols is 1. The van der Waals surface area contributed by atoms with Crippen LogP contribution in [0.15, 0.2) is 58.9 Å². The summed E-state index contributed by atoms with van der Waals surface area (Å²) in [7, 11) is 0. The first-order valence-corrected chi connectivity index (χ1v) is 9.04. The number of halogens is 2. The number of rotatable bonds is 6. The third-order valence-electron chi connectivity index (χ3n) is 4.79. The normalized spacial score (nSPS) is 14.3. The van der Waals surface area contributed by atoms with E-state index in [9.17, 15) is 18.7 Å². The van der Waals surface area contributed by atoms with E-state index in [1.165, 1.54) is 24.3 Å². The van der Waals surface area contributed by atoms with Crippen molar-refractivity contribution in [1.82, 2.24) is 0 Å². The summed E-state index contributed by atoms with van der Waals surface area (Å²) in [4.78, 5) is 16.3. The molecule has 5 nitrogen and oxygen atoms in total. The van der Waals surface area contributed by atoms with Crippen molar-refractivity contribution in [3.63, 3.8) is 0 Å². The lowest BCUT2D eigenvalue weighted by atomic mass is 9.92. The molecule has 29 heavy (non-hydrogen) atoms. The highest BCUT2D eigenvalue weighted by Gasteiger charge is 2.24. The van der Waals surface area contributed by atoms with Gasteiger partial charge in [-0.25, -0.2) is 13.8 Å². The van der Waals surface area contributed by atoms with E-state index in [1.807, 2.05) is 6.92 Å². The third kappa shape index (κ3) is 5.19. The van der Waals surface area contributed by atoms with E-state index in [1.54, 1.807) is 32.0 Å². The first-order valence-electron chi connectivity index (χ1n) is 9.04. The van der Waals surface area contributed by atoms with Crippen molar-refractivity contribution < 1.29 is 18.7 Å². The molecule has 154 valence electrons. The molecule has 0 bridgehead atoms. The zero-order valence-corrected chi connectivity index (χ0v) is 16.8. The maximum Gasteiger partial charge on any atom is 0.270 e. The van der Waals surface area contributed by atoms with Gasteiger partial charge >= 0.3 is 0 Å². The highest BCUT2D eigenvalue weighted by atomic mass is 19.3. The fourth-order valence-corrected chi connectivity index (χ4v) is 2.97. The van der Waals surface area contributed by atoms with Crippen molar-refractivity contribution in [3.05, 3.63) is 76.1 Å². The minimum atomic E-state index is -2.94. The molecule has 0 saturated carbocycles. The fourth-order valence-electron chi connectivity index (χ4n) is 2.97. The van der Waals surface area contributed by atoms with Crippen LogP contribution in [-0.4, -0.2) is 16.7 Å². The third-order valence-corrected chi connectivity index (χ3v) is 4.79. The molecule has 1 unspecified atom stereocenters. The number of primary amides is 1. The summed E-state index contributed by atoms with van der Waals surface area (Å²) in [5.74, 6) is -4.09. The van der Waals surface area contributed by atoms with Gasteiger partial charge in [0, 0.05) is 29.8 Å². The standard InChI is InChI=1S/C22H25F2N3O2/c1-12-5-10-17(28)11-18(12)13(2)19(25)20(21(26)29)27-14(3)15-6-8-16(9-7-15)22(4,23)24/h5-11,13,28H,25H2,1-4H3,(H2,26,29)/b20-19+,27-14?. The summed E-state index contributed by atoms with van der Waals surface area (Å²) in [5, 5.41) is 9.76. The maximum atomic E-state index is 13.4. The average molecular weight is 401 g/mol. The number of aryl methyl sites for hydroxylation is 1. The number of phenolic OH excluding ortho intramolecular Hbond substituents is 1. The van der Waals surface area contributed by atoms with Crippen LogP contribution in [0, 0.1) is 6.92 Å². The quantitative estimate of drug-likeness (QED) is 0.502. The van der Waals surface area contributed by atoms with Gasteiger partial charge in [0.2, 0.25) is 0 Å². The van der Waals surface area contributed by atoms with E-state index in [4.69, 9.17) is 11.5 Å². The predicted octanol–water partition coefficient (Wildman–Crippen LogP) is 4.08. The van der Waals surface area contributed by atoms with Gasteiger partial charge in [0.05, 0.1) is 0 Å². The molecular formula is C22H25F2N3O2. The lowest BCUT2D eigenvalue weighted by Gasteiger charge is -2.17. The zero-order chi connectivity index (χ0) is 21.9. The molecule has 0 aliphatic heterocycles. The minimum absolute atomic E-state index is 0.0818. The number of nitrogens with zero attached hydrogens (tertiary/aromatic N) is 1. The molecule has 0 saturated heterocycles. The van der Waals surface area contributed by atoms with Gasteiger partial charge in [0.15, 0.2) is 0 Å². The second-order valence-corrected chi connectivity index (χ2v) is 7.09. The number of hydrogen-bond acceptors (Lipinski definition) is 4. The predicted molar refractivity (Wildman–Crippen MR) is 110 cm³/mol. The molecule has 2 aromatic rings. The Kier molecular flexibility index (Phi) is 6.41. The minimum Gasteiger partial charge on any atom is -0.508 e. The Morgan fingerprint density at radius 3 is 2.24 bits per heavy atom. The van der Waals surface area contributed by atoms with E-state index in [-0.39, 0.29) is 22.7 Å². The van der Waals surface area contributed by atoms with Crippen molar-refractivity contribution in [1.29, 1.82) is 0 Å². The van der Waals surface area contributed by atoms with Crippen LogP contribution in [-0.2, 0) is 10.7 Å². The molecule has 0 aliphatic carbocycles. The van der Waals surface area contributed by atoms with E-state index in [2.05, 4.69) is 4.99 Å². The van der Waals surface area contributed by atoms with Gasteiger partial charge in [-0.1, -0.05) is 37.3 Å². The van der Waals surface area contributed by atoms with Gasteiger partial charge in [-0.05, 0) is 42.7 Å². The molecule has 0 heterocycles. The van der Waals surface area contributed by atoms with E-state index < -0.39 is 17.7 Å². The van der Waals surface area contributed by atoms with Crippen molar-refractivity contribution in [2.24, 2.45) is 16.5 Å². The van der Waals surface area contributed by atoms with Gasteiger partial charge in [-0.2, -0.15) is 0 Å². The molecule has 0 spiro atoms. The monoisotopic (exact) mass is 401 g/mol. The number of amides is 1. The molecule has 0 aliphatic rings. The SMILES string of the molecule is CC(=N/C(C(N)=O)=C(/N)C(C)c1cc(O)ccc1C)c1ccc(C(C)(F)F)cc1. The highest BCUT2D eigenvalue weighted by Crippen LogP contribution is 2.30. The summed E-state index contributed by atoms with van der Waals surface area (Å²) >= 11 is 0. The first-order chi connectivity index (χ1) is 13.4. The van der Waals surface area contributed by atoms with Crippen molar-refractivity contribution >= 4 is 11.6 Å². The van der Waals surface area contributed by atoms with E-state index in [0.29, 0.717) is 11.3 Å². The molecule has 0 aromatic heterocycles.